The Morgan fingerprint density at radius 2 is 2.06 bits per heavy atom. The van der Waals surface area contributed by atoms with E-state index in [1.165, 1.54) is 0 Å². The number of hydrogen-bond acceptors (Lipinski definition) is 3. The van der Waals surface area contributed by atoms with Gasteiger partial charge in [-0.2, -0.15) is 0 Å². The molecular weight excluding hydrogens is 204 g/mol. The summed E-state index contributed by atoms with van der Waals surface area (Å²) in [7, 11) is 0. The number of nitrogens with one attached hydrogen (secondary N) is 2. The van der Waals surface area contributed by atoms with E-state index in [2.05, 4.69) is 17.2 Å². The summed E-state index contributed by atoms with van der Waals surface area (Å²) < 4.78 is 0. The lowest BCUT2D eigenvalue weighted by atomic mass is 10.2. The highest BCUT2D eigenvalue weighted by molar-refractivity contribution is 5.81. The molecule has 1 unspecified atom stereocenters. The molecule has 4 heteroatoms. The Hall–Kier alpha value is -0.870. The van der Waals surface area contributed by atoms with E-state index in [4.69, 9.17) is 5.11 Å². The van der Waals surface area contributed by atoms with Crippen molar-refractivity contribution < 1.29 is 9.90 Å². The lowest BCUT2D eigenvalue weighted by Gasteiger charge is -2.12. The second kappa shape index (κ2) is 10.6. The quantitative estimate of drug-likeness (QED) is 0.383. The van der Waals surface area contributed by atoms with Crippen LogP contribution in [-0.4, -0.2) is 36.8 Å². The predicted molar refractivity (Wildman–Crippen MR) is 66.2 cm³/mol. The minimum absolute atomic E-state index is 0.00950. The molecule has 0 fully saturated rings. The third kappa shape index (κ3) is 8.44. The topological polar surface area (TPSA) is 61.4 Å². The summed E-state index contributed by atoms with van der Waals surface area (Å²) in [6.45, 7) is 7.02. The number of carbonyl (C=O) groups excluding carboxylic acids is 1. The highest BCUT2D eigenvalue weighted by Gasteiger charge is 2.09. The van der Waals surface area contributed by atoms with Crippen LogP contribution in [0.15, 0.2) is 12.7 Å². The molecule has 0 bridgehead atoms. The van der Waals surface area contributed by atoms with Crippen LogP contribution < -0.4 is 10.6 Å². The Labute approximate surface area is 98.1 Å². The Kier molecular flexibility index (Phi) is 10.1. The Balaban J connectivity index is 3.38. The highest BCUT2D eigenvalue weighted by Crippen LogP contribution is 1.97. The largest absolute Gasteiger partial charge is 0.396 e. The van der Waals surface area contributed by atoms with E-state index in [0.717, 1.165) is 32.2 Å². The van der Waals surface area contributed by atoms with Gasteiger partial charge in [0.05, 0.1) is 6.04 Å². The minimum Gasteiger partial charge on any atom is -0.396 e. The summed E-state index contributed by atoms with van der Waals surface area (Å²) >= 11 is 0. The SMILES string of the molecule is C=CCNC(=O)C(C)NCCCCCCO. The van der Waals surface area contributed by atoms with Gasteiger partial charge in [-0.05, 0) is 26.3 Å². The predicted octanol–water partition coefficient (Wildman–Crippen LogP) is 0.819. The Bertz CT molecular complexity index is 195. The van der Waals surface area contributed by atoms with Gasteiger partial charge in [-0.1, -0.05) is 18.9 Å². The van der Waals surface area contributed by atoms with Crippen LogP contribution in [0.3, 0.4) is 0 Å². The molecule has 3 N–H and O–H groups in total. The van der Waals surface area contributed by atoms with Crippen molar-refractivity contribution in [2.24, 2.45) is 0 Å². The zero-order valence-electron chi connectivity index (χ0n) is 10.2. The van der Waals surface area contributed by atoms with Gasteiger partial charge < -0.3 is 15.7 Å². The molecule has 0 aromatic rings. The molecular formula is C12H24N2O2. The van der Waals surface area contributed by atoms with Crippen molar-refractivity contribution in [1.29, 1.82) is 0 Å². The van der Waals surface area contributed by atoms with Crippen LogP contribution in [0, 0.1) is 0 Å². The van der Waals surface area contributed by atoms with Gasteiger partial charge in [0.15, 0.2) is 0 Å². The first kappa shape index (κ1) is 15.1. The van der Waals surface area contributed by atoms with E-state index < -0.39 is 0 Å². The summed E-state index contributed by atoms with van der Waals surface area (Å²) in [4.78, 5) is 11.4. The van der Waals surface area contributed by atoms with Gasteiger partial charge in [0.25, 0.3) is 0 Å². The molecule has 0 rings (SSSR count). The zero-order valence-corrected chi connectivity index (χ0v) is 10.2. The molecule has 0 radical (unpaired) electrons. The smallest absolute Gasteiger partial charge is 0.237 e. The number of hydrogen-bond donors (Lipinski definition) is 3. The second-order valence-electron chi connectivity index (χ2n) is 3.85. The van der Waals surface area contributed by atoms with Crippen LogP contribution in [0.4, 0.5) is 0 Å². The molecule has 1 atom stereocenters. The fourth-order valence-electron chi connectivity index (χ4n) is 1.33. The van der Waals surface area contributed by atoms with Crippen molar-refractivity contribution in [3.8, 4) is 0 Å². The normalized spacial score (nSPS) is 12.1. The summed E-state index contributed by atoms with van der Waals surface area (Å²) in [5.74, 6) is 0.00950. The van der Waals surface area contributed by atoms with Crippen molar-refractivity contribution in [3.63, 3.8) is 0 Å². The van der Waals surface area contributed by atoms with Gasteiger partial charge in [0, 0.05) is 13.2 Å². The van der Waals surface area contributed by atoms with Crippen LogP contribution in [0.2, 0.25) is 0 Å². The molecule has 0 aliphatic rings. The van der Waals surface area contributed by atoms with Gasteiger partial charge in [-0.15, -0.1) is 6.58 Å². The maximum Gasteiger partial charge on any atom is 0.237 e. The molecule has 0 aromatic heterocycles. The maximum atomic E-state index is 11.4. The Morgan fingerprint density at radius 3 is 2.69 bits per heavy atom. The number of carbonyl (C=O) groups is 1. The molecule has 0 heterocycles. The van der Waals surface area contributed by atoms with Crippen molar-refractivity contribution in [1.82, 2.24) is 10.6 Å². The minimum atomic E-state index is -0.155. The number of aliphatic hydroxyl groups is 1. The van der Waals surface area contributed by atoms with Crippen molar-refractivity contribution in [3.05, 3.63) is 12.7 Å². The van der Waals surface area contributed by atoms with Crippen molar-refractivity contribution >= 4 is 5.91 Å². The van der Waals surface area contributed by atoms with Gasteiger partial charge in [0.1, 0.15) is 0 Å². The van der Waals surface area contributed by atoms with E-state index in [0.29, 0.717) is 6.54 Å². The molecule has 0 saturated carbocycles. The summed E-state index contributed by atoms with van der Waals surface area (Å²) in [5, 5.41) is 14.5. The average molecular weight is 228 g/mol. The third-order valence-corrected chi connectivity index (χ3v) is 2.35. The monoisotopic (exact) mass is 228 g/mol. The molecule has 0 aliphatic carbocycles. The van der Waals surface area contributed by atoms with Crippen molar-refractivity contribution in [2.45, 2.75) is 38.6 Å². The van der Waals surface area contributed by atoms with E-state index in [1.807, 2.05) is 6.92 Å². The van der Waals surface area contributed by atoms with Gasteiger partial charge in [0.2, 0.25) is 5.91 Å². The molecule has 0 aromatic carbocycles. The number of amides is 1. The van der Waals surface area contributed by atoms with Crippen LogP contribution in [-0.2, 0) is 4.79 Å². The van der Waals surface area contributed by atoms with Crippen LogP contribution >= 0.6 is 0 Å². The second-order valence-corrected chi connectivity index (χ2v) is 3.85. The van der Waals surface area contributed by atoms with E-state index >= 15 is 0 Å². The van der Waals surface area contributed by atoms with Crippen molar-refractivity contribution in [2.75, 3.05) is 19.7 Å². The first-order valence-electron chi connectivity index (χ1n) is 5.95. The fraction of sp³-hybridized carbons (Fsp3) is 0.750. The van der Waals surface area contributed by atoms with Crippen LogP contribution in [0.25, 0.3) is 0 Å². The standard InChI is InChI=1S/C12H24N2O2/c1-3-8-14-12(16)11(2)13-9-6-4-5-7-10-15/h3,11,13,15H,1,4-10H2,2H3,(H,14,16). The summed E-state index contributed by atoms with van der Waals surface area (Å²) in [6, 6.07) is -0.155. The first-order valence-corrected chi connectivity index (χ1v) is 5.95. The molecule has 94 valence electrons. The lowest BCUT2D eigenvalue weighted by molar-refractivity contribution is -0.122. The first-order chi connectivity index (χ1) is 7.72. The average Bonchev–Trinajstić information content (AvgIpc) is 2.30. The summed E-state index contributed by atoms with van der Waals surface area (Å²) in [6.07, 6.45) is 5.72. The van der Waals surface area contributed by atoms with Gasteiger partial charge in [-0.25, -0.2) is 0 Å². The zero-order chi connectivity index (χ0) is 12.2. The number of aliphatic hydroxyl groups excluding tert-OH is 1. The van der Waals surface area contributed by atoms with Gasteiger partial charge in [-0.3, -0.25) is 4.79 Å². The molecule has 4 nitrogen and oxygen atoms in total. The molecule has 0 aliphatic heterocycles. The molecule has 0 saturated heterocycles. The fourth-order valence-corrected chi connectivity index (χ4v) is 1.33. The van der Waals surface area contributed by atoms with E-state index in [-0.39, 0.29) is 18.6 Å². The van der Waals surface area contributed by atoms with Crippen LogP contribution in [0.5, 0.6) is 0 Å². The van der Waals surface area contributed by atoms with E-state index in [1.54, 1.807) is 6.08 Å². The van der Waals surface area contributed by atoms with Gasteiger partial charge >= 0.3 is 0 Å². The number of unbranched alkanes of at least 4 members (excludes halogenated alkanes) is 3. The number of rotatable bonds is 10. The maximum absolute atomic E-state index is 11.4. The van der Waals surface area contributed by atoms with Crippen LogP contribution in [0.1, 0.15) is 32.6 Å². The third-order valence-electron chi connectivity index (χ3n) is 2.35. The molecule has 16 heavy (non-hydrogen) atoms. The molecule has 1 amide bonds. The summed E-state index contributed by atoms with van der Waals surface area (Å²) in [5.41, 5.74) is 0. The van der Waals surface area contributed by atoms with E-state index in [9.17, 15) is 4.79 Å². The highest BCUT2D eigenvalue weighted by atomic mass is 16.2. The lowest BCUT2D eigenvalue weighted by Crippen LogP contribution is -2.42. The molecule has 0 spiro atoms. The Morgan fingerprint density at radius 1 is 1.38 bits per heavy atom.